The lowest BCUT2D eigenvalue weighted by Gasteiger charge is -2.26. The van der Waals surface area contributed by atoms with Crippen LogP contribution in [0.1, 0.15) is 96.6 Å². The number of alkyl halides is 1. The highest BCUT2D eigenvalue weighted by atomic mass is 35.5. The van der Waals surface area contributed by atoms with Gasteiger partial charge in [0.2, 0.25) is 17.7 Å². The van der Waals surface area contributed by atoms with Crippen LogP contribution < -0.4 is 30.9 Å². The number of imide groups is 1. The number of hydrogen-bond acceptors (Lipinski definition) is 9. The molecule has 348 valence electrons. The van der Waals surface area contributed by atoms with Crippen molar-refractivity contribution in [1.82, 2.24) is 20.9 Å². The molecule has 0 fully saturated rings. The Kier molecular flexibility index (Phi) is 17.7. The minimum absolute atomic E-state index is 0.123. The van der Waals surface area contributed by atoms with Crippen molar-refractivity contribution >= 4 is 81.4 Å². The molecular formula is C49H61ClN6O9. The van der Waals surface area contributed by atoms with Crippen molar-refractivity contribution in [1.29, 1.82) is 0 Å². The number of anilines is 2. The zero-order valence-electron chi connectivity index (χ0n) is 38.0. The molecule has 1 unspecified atom stereocenters. The Hall–Kier alpha value is -6.22. The van der Waals surface area contributed by atoms with Crippen molar-refractivity contribution in [2.75, 3.05) is 42.8 Å². The molecule has 16 heteroatoms. The molecule has 2 aliphatic heterocycles. The number of hydrogen-bond donors (Lipinski definition) is 4. The second-order valence-electron chi connectivity index (χ2n) is 17.5. The van der Waals surface area contributed by atoms with Crippen LogP contribution in [0, 0.1) is 5.92 Å². The van der Waals surface area contributed by atoms with Gasteiger partial charge in [0.05, 0.1) is 18.5 Å². The van der Waals surface area contributed by atoms with Crippen molar-refractivity contribution < 1.29 is 43.0 Å². The Morgan fingerprint density at radius 3 is 2.22 bits per heavy atom. The number of benzene rings is 3. The summed E-state index contributed by atoms with van der Waals surface area (Å²) in [6.45, 7) is 9.77. The Balaban J connectivity index is 1.32. The van der Waals surface area contributed by atoms with E-state index in [9.17, 15) is 33.6 Å². The quantitative estimate of drug-likeness (QED) is 0.0378. The number of ether oxygens (including phenoxy) is 2. The first kappa shape index (κ1) is 49.8. The molecule has 2 aliphatic rings. The summed E-state index contributed by atoms with van der Waals surface area (Å²) < 4.78 is 10.6. The summed E-state index contributed by atoms with van der Waals surface area (Å²) in [5, 5.41) is 13.1. The van der Waals surface area contributed by atoms with Crippen molar-refractivity contribution in [3.8, 4) is 5.75 Å². The fraction of sp³-hybridized carbons (Fsp3) is 0.449. The first-order chi connectivity index (χ1) is 31.0. The van der Waals surface area contributed by atoms with Gasteiger partial charge in [-0.2, -0.15) is 0 Å². The number of carbonyl (C=O) groups is 7. The molecule has 0 bridgehead atoms. The third-order valence-electron chi connectivity index (χ3n) is 11.1. The zero-order valence-corrected chi connectivity index (χ0v) is 38.8. The van der Waals surface area contributed by atoms with Gasteiger partial charge in [-0.15, -0.1) is 11.6 Å². The summed E-state index contributed by atoms with van der Waals surface area (Å²) in [5.74, 6) is -1.90. The van der Waals surface area contributed by atoms with Crippen molar-refractivity contribution in [2.45, 2.75) is 103 Å². The highest BCUT2D eigenvalue weighted by Gasteiger charge is 2.35. The summed E-state index contributed by atoms with van der Waals surface area (Å²) >= 11 is 6.53. The van der Waals surface area contributed by atoms with E-state index in [0.717, 1.165) is 26.8 Å². The van der Waals surface area contributed by atoms with Gasteiger partial charge in [0.1, 0.15) is 23.4 Å². The van der Waals surface area contributed by atoms with Gasteiger partial charge in [-0.3, -0.25) is 33.7 Å². The first-order valence-electron chi connectivity index (χ1n) is 22.2. The Morgan fingerprint density at radius 2 is 1.57 bits per heavy atom. The molecule has 0 saturated carbocycles. The van der Waals surface area contributed by atoms with Crippen LogP contribution in [0.2, 0.25) is 0 Å². The molecule has 5 rings (SSSR count). The second-order valence-corrected chi connectivity index (χ2v) is 17.9. The van der Waals surface area contributed by atoms with Crippen LogP contribution in [-0.2, 0) is 33.5 Å². The minimum atomic E-state index is -1.06. The van der Waals surface area contributed by atoms with E-state index in [1.54, 1.807) is 58.8 Å². The minimum Gasteiger partial charge on any atom is -0.497 e. The number of fused-ring (bicyclic) bond motifs is 3. The number of carbonyl (C=O) groups excluding carboxylic acids is 7. The maximum atomic E-state index is 14.4. The van der Waals surface area contributed by atoms with Crippen LogP contribution in [-0.4, -0.2) is 96.7 Å². The lowest BCUT2D eigenvalue weighted by Crippen LogP contribution is -2.54. The summed E-state index contributed by atoms with van der Waals surface area (Å²) in [5.41, 5.74) is 2.09. The summed E-state index contributed by atoms with van der Waals surface area (Å²) in [7, 11) is 1.59. The first-order valence-corrected chi connectivity index (χ1v) is 22.7. The van der Waals surface area contributed by atoms with Gasteiger partial charge in [0, 0.05) is 61.5 Å². The van der Waals surface area contributed by atoms with Crippen molar-refractivity contribution in [3.05, 3.63) is 84.0 Å². The van der Waals surface area contributed by atoms with E-state index in [1.807, 2.05) is 48.5 Å². The molecule has 3 atom stereocenters. The fourth-order valence-corrected chi connectivity index (χ4v) is 8.00. The second kappa shape index (κ2) is 23.1. The number of alkyl carbamates (subject to hydrolysis) is 1. The van der Waals surface area contributed by atoms with Gasteiger partial charge in [-0.25, -0.2) is 4.79 Å². The number of nitrogens with zero attached hydrogens (tertiary/aromatic N) is 2. The highest BCUT2D eigenvalue weighted by molar-refractivity contribution is 6.20. The largest absolute Gasteiger partial charge is 0.497 e. The number of rotatable bonds is 21. The molecule has 2 heterocycles. The third-order valence-corrected chi connectivity index (χ3v) is 11.5. The number of halogens is 1. The Morgan fingerprint density at radius 1 is 0.877 bits per heavy atom. The van der Waals surface area contributed by atoms with E-state index in [-0.39, 0.29) is 67.3 Å². The smallest absolute Gasteiger partial charge is 0.407 e. The maximum absolute atomic E-state index is 14.4. The standard InChI is InChI=1S/C49H61ClN6O9/c1-31(2)45(54-40(57)17-8-7-13-27-55-41(58)24-25-42(55)59)47(62)52-37(16-11-12-26-51-48(63)65-49(3,4)5)46(61)53-38-28-39-44(36-15-10-9-14-35(36)38)33(29-50)30-56(39)43(60)23-20-32-18-21-34(64-6)22-19-32/h9-10,14-15,18-25,28,31,33,37,45H,7-8,11-13,16-17,26-27,29-30H2,1-6H3,(H,51,63)(H,52,62)(H,53,61)(H,54,57)/b23-20+/t33?,37-,45-/m0/s1. The Labute approximate surface area is 385 Å². The summed E-state index contributed by atoms with van der Waals surface area (Å²) in [6, 6.07) is 14.6. The molecule has 3 aromatic rings. The predicted molar refractivity (Wildman–Crippen MR) is 252 cm³/mol. The van der Waals surface area contributed by atoms with E-state index in [4.69, 9.17) is 21.1 Å². The lowest BCUT2D eigenvalue weighted by molar-refractivity contribution is -0.137. The molecule has 0 aliphatic carbocycles. The van der Waals surface area contributed by atoms with Gasteiger partial charge in [-0.1, -0.05) is 56.7 Å². The van der Waals surface area contributed by atoms with Crippen molar-refractivity contribution in [2.24, 2.45) is 5.92 Å². The number of amides is 7. The molecular weight excluding hydrogens is 852 g/mol. The molecule has 0 aromatic heterocycles. The predicted octanol–water partition coefficient (Wildman–Crippen LogP) is 6.98. The van der Waals surface area contributed by atoms with E-state index in [1.165, 1.54) is 18.2 Å². The summed E-state index contributed by atoms with van der Waals surface area (Å²) in [4.78, 5) is 94.2. The van der Waals surface area contributed by atoms with E-state index in [0.29, 0.717) is 55.8 Å². The van der Waals surface area contributed by atoms with Gasteiger partial charge in [0.25, 0.3) is 17.7 Å². The van der Waals surface area contributed by atoms with Gasteiger partial charge in [0.15, 0.2) is 0 Å². The van der Waals surface area contributed by atoms with Crippen LogP contribution >= 0.6 is 11.6 Å². The van der Waals surface area contributed by atoms with Gasteiger partial charge >= 0.3 is 6.09 Å². The van der Waals surface area contributed by atoms with Crippen molar-refractivity contribution in [3.63, 3.8) is 0 Å². The lowest BCUT2D eigenvalue weighted by atomic mass is 9.94. The maximum Gasteiger partial charge on any atom is 0.407 e. The zero-order chi connectivity index (χ0) is 47.3. The SMILES string of the molecule is COc1ccc(/C=C/C(=O)N2CC(CCl)c3c2cc(NC(=O)[C@H](CCCCNC(=O)OC(C)(C)C)NC(=O)[C@@H](NC(=O)CCCCCN2C(=O)C=CC2=O)C(C)C)c2ccccc32)cc1. The normalized spacial score (nSPS) is 15.6. The highest BCUT2D eigenvalue weighted by Crippen LogP contribution is 2.45. The third kappa shape index (κ3) is 13.9. The number of nitrogens with one attached hydrogen (secondary N) is 4. The molecule has 15 nitrogen and oxygen atoms in total. The van der Waals surface area contributed by atoms with Crippen LogP contribution in [0.25, 0.3) is 16.8 Å². The topological polar surface area (TPSA) is 193 Å². The van der Waals surface area contributed by atoms with Crippen LogP contribution in [0.3, 0.4) is 0 Å². The molecule has 0 radical (unpaired) electrons. The fourth-order valence-electron chi connectivity index (χ4n) is 7.75. The molecule has 7 amide bonds. The average molecular weight is 914 g/mol. The molecule has 65 heavy (non-hydrogen) atoms. The average Bonchev–Trinajstić information content (AvgIpc) is 3.81. The number of methoxy groups -OCH3 is 1. The Bertz CT molecular complexity index is 2270. The monoisotopic (exact) mass is 912 g/mol. The van der Waals surface area contributed by atoms with E-state index < -0.39 is 35.6 Å². The van der Waals surface area contributed by atoms with E-state index >= 15 is 0 Å². The van der Waals surface area contributed by atoms with Gasteiger partial charge < -0.3 is 35.6 Å². The van der Waals surface area contributed by atoms with Crippen LogP contribution in [0.5, 0.6) is 5.75 Å². The molecule has 0 saturated heterocycles. The number of unbranched alkanes of at least 4 members (excludes halogenated alkanes) is 3. The molecule has 0 spiro atoms. The van der Waals surface area contributed by atoms with Gasteiger partial charge in [-0.05, 0) is 99.6 Å². The van der Waals surface area contributed by atoms with Crippen LogP contribution in [0.15, 0.2) is 72.8 Å². The molecule has 4 N–H and O–H groups in total. The van der Waals surface area contributed by atoms with E-state index in [2.05, 4.69) is 21.3 Å². The molecule has 3 aromatic carbocycles. The van der Waals surface area contributed by atoms with Crippen LogP contribution in [0.4, 0.5) is 16.2 Å². The summed E-state index contributed by atoms with van der Waals surface area (Å²) in [6.07, 6.45) is 7.97.